The summed E-state index contributed by atoms with van der Waals surface area (Å²) in [6, 6.07) is 12.7. The lowest BCUT2D eigenvalue weighted by Gasteiger charge is -2.10. The van der Waals surface area contributed by atoms with Gasteiger partial charge in [-0.05, 0) is 44.2 Å². The fourth-order valence-corrected chi connectivity index (χ4v) is 2.59. The Bertz CT molecular complexity index is 919. The quantitative estimate of drug-likeness (QED) is 0.772. The van der Waals surface area contributed by atoms with E-state index in [9.17, 15) is 4.79 Å². The molecule has 0 unspecified atom stereocenters. The van der Waals surface area contributed by atoms with Crippen molar-refractivity contribution in [3.8, 4) is 11.4 Å². The Labute approximate surface area is 150 Å². The van der Waals surface area contributed by atoms with E-state index in [0.717, 1.165) is 5.56 Å². The summed E-state index contributed by atoms with van der Waals surface area (Å²) < 4.78 is 6.87. The van der Waals surface area contributed by atoms with Crippen LogP contribution in [-0.2, 0) is 0 Å². The number of hydrogen-bond acceptors (Lipinski definition) is 4. The van der Waals surface area contributed by atoms with Gasteiger partial charge >= 0.3 is 0 Å². The predicted molar refractivity (Wildman–Crippen MR) is 96.8 cm³/mol. The largest absolute Gasteiger partial charge is 0.494 e. The maximum absolute atomic E-state index is 12.5. The normalized spacial score (nSPS) is 10.6. The van der Waals surface area contributed by atoms with Crippen molar-refractivity contribution in [1.29, 1.82) is 0 Å². The van der Waals surface area contributed by atoms with Crippen molar-refractivity contribution < 1.29 is 9.53 Å². The molecule has 2 aromatic carbocycles. The minimum Gasteiger partial charge on any atom is -0.494 e. The first-order valence-electron chi connectivity index (χ1n) is 7.64. The fourth-order valence-electron chi connectivity index (χ4n) is 2.42. The van der Waals surface area contributed by atoms with Gasteiger partial charge in [-0.2, -0.15) is 0 Å². The lowest BCUT2D eigenvalue weighted by atomic mass is 10.2. The number of aryl methyl sites for hydroxylation is 1. The molecule has 0 radical (unpaired) electrons. The molecule has 0 bridgehead atoms. The molecule has 0 aliphatic heterocycles. The molecular formula is C18H17ClN4O2. The van der Waals surface area contributed by atoms with Crippen LogP contribution in [0, 0.1) is 13.8 Å². The second kappa shape index (κ2) is 6.94. The molecule has 3 aromatic rings. The van der Waals surface area contributed by atoms with E-state index < -0.39 is 0 Å². The van der Waals surface area contributed by atoms with E-state index in [4.69, 9.17) is 16.3 Å². The molecule has 0 saturated heterocycles. The highest BCUT2D eigenvalue weighted by Gasteiger charge is 2.19. The van der Waals surface area contributed by atoms with Gasteiger partial charge in [0.15, 0.2) is 5.69 Å². The molecule has 3 rings (SSSR count). The third-order valence-corrected chi connectivity index (χ3v) is 4.02. The molecule has 128 valence electrons. The zero-order valence-corrected chi connectivity index (χ0v) is 14.8. The van der Waals surface area contributed by atoms with E-state index >= 15 is 0 Å². The van der Waals surface area contributed by atoms with Gasteiger partial charge in [0.05, 0.1) is 12.8 Å². The molecular weight excluding hydrogens is 340 g/mol. The molecule has 1 heterocycles. The highest BCUT2D eigenvalue weighted by molar-refractivity contribution is 6.30. The highest BCUT2D eigenvalue weighted by Crippen LogP contribution is 2.27. The zero-order chi connectivity index (χ0) is 18.0. The smallest absolute Gasteiger partial charge is 0.278 e. The van der Waals surface area contributed by atoms with Crippen LogP contribution in [-0.4, -0.2) is 28.0 Å². The van der Waals surface area contributed by atoms with E-state index in [0.29, 0.717) is 27.8 Å². The van der Waals surface area contributed by atoms with Crippen LogP contribution in [0.5, 0.6) is 5.75 Å². The van der Waals surface area contributed by atoms with Gasteiger partial charge in [-0.3, -0.25) is 4.79 Å². The van der Waals surface area contributed by atoms with Gasteiger partial charge in [-0.15, -0.1) is 5.10 Å². The lowest BCUT2D eigenvalue weighted by Crippen LogP contribution is -2.14. The Hall–Kier alpha value is -2.86. The topological polar surface area (TPSA) is 69.0 Å². The van der Waals surface area contributed by atoms with Crippen LogP contribution in [0.3, 0.4) is 0 Å². The number of aromatic nitrogens is 3. The van der Waals surface area contributed by atoms with E-state index in [2.05, 4.69) is 15.6 Å². The van der Waals surface area contributed by atoms with Crippen LogP contribution in [0.15, 0.2) is 42.5 Å². The summed E-state index contributed by atoms with van der Waals surface area (Å²) in [6.07, 6.45) is 0. The molecule has 1 aromatic heterocycles. The van der Waals surface area contributed by atoms with E-state index in [-0.39, 0.29) is 11.6 Å². The molecule has 25 heavy (non-hydrogen) atoms. The molecule has 1 N–H and O–H groups in total. The molecule has 7 heteroatoms. The maximum Gasteiger partial charge on any atom is 0.278 e. The van der Waals surface area contributed by atoms with Crippen molar-refractivity contribution in [3.63, 3.8) is 0 Å². The average molecular weight is 357 g/mol. The average Bonchev–Trinajstić information content (AvgIpc) is 2.98. The third-order valence-electron chi connectivity index (χ3n) is 3.79. The summed E-state index contributed by atoms with van der Waals surface area (Å²) in [6.45, 7) is 3.75. The van der Waals surface area contributed by atoms with Crippen molar-refractivity contribution in [2.45, 2.75) is 13.8 Å². The number of benzene rings is 2. The number of halogens is 1. The van der Waals surface area contributed by atoms with Crippen molar-refractivity contribution in [2.75, 3.05) is 12.4 Å². The maximum atomic E-state index is 12.5. The van der Waals surface area contributed by atoms with Crippen molar-refractivity contribution >= 4 is 23.2 Å². The van der Waals surface area contributed by atoms with Gasteiger partial charge in [0.2, 0.25) is 0 Å². The Morgan fingerprint density at radius 2 is 1.88 bits per heavy atom. The number of rotatable bonds is 4. The molecule has 1 amide bonds. The molecule has 0 atom stereocenters. The number of methoxy groups -OCH3 is 1. The van der Waals surface area contributed by atoms with Crippen LogP contribution in [0.1, 0.15) is 21.7 Å². The van der Waals surface area contributed by atoms with Gasteiger partial charge in [0.1, 0.15) is 11.4 Å². The highest BCUT2D eigenvalue weighted by atomic mass is 35.5. The van der Waals surface area contributed by atoms with Crippen molar-refractivity contribution in [2.24, 2.45) is 0 Å². The van der Waals surface area contributed by atoms with Gasteiger partial charge in [-0.25, -0.2) is 4.68 Å². The van der Waals surface area contributed by atoms with Crippen molar-refractivity contribution in [3.05, 3.63) is 64.4 Å². The number of ether oxygens (including phenoxy) is 1. The summed E-state index contributed by atoms with van der Waals surface area (Å²) in [5.74, 6) is 0.261. The number of nitrogens with zero attached hydrogens (tertiary/aromatic N) is 3. The van der Waals surface area contributed by atoms with Crippen LogP contribution < -0.4 is 10.1 Å². The van der Waals surface area contributed by atoms with Crippen LogP contribution >= 0.6 is 11.6 Å². The minimum absolute atomic E-state index is 0.239. The van der Waals surface area contributed by atoms with E-state index in [1.807, 2.05) is 31.2 Å². The second-order valence-electron chi connectivity index (χ2n) is 5.57. The first kappa shape index (κ1) is 17.0. The van der Waals surface area contributed by atoms with Crippen LogP contribution in [0.2, 0.25) is 5.02 Å². The molecule has 0 aliphatic carbocycles. The van der Waals surface area contributed by atoms with Crippen molar-refractivity contribution in [1.82, 2.24) is 15.0 Å². The SMILES string of the molecule is COc1ccc(Cl)cc1-n1nnc(C(=O)Nc2ccc(C)cc2)c1C. The molecule has 0 spiro atoms. The Balaban J connectivity index is 1.92. The summed E-state index contributed by atoms with van der Waals surface area (Å²) in [5.41, 5.74) is 3.26. The monoisotopic (exact) mass is 356 g/mol. The Kier molecular flexibility index (Phi) is 4.72. The molecule has 0 fully saturated rings. The van der Waals surface area contributed by atoms with Crippen LogP contribution in [0.4, 0.5) is 5.69 Å². The number of amides is 1. The Morgan fingerprint density at radius 1 is 1.16 bits per heavy atom. The number of hydrogen-bond donors (Lipinski definition) is 1. The number of anilines is 1. The third kappa shape index (κ3) is 3.49. The molecule has 0 aliphatic rings. The Morgan fingerprint density at radius 3 is 2.56 bits per heavy atom. The number of carbonyl (C=O) groups is 1. The minimum atomic E-state index is -0.325. The van der Waals surface area contributed by atoms with Gasteiger partial charge in [0, 0.05) is 10.7 Å². The van der Waals surface area contributed by atoms with E-state index in [1.54, 1.807) is 32.2 Å². The van der Waals surface area contributed by atoms with E-state index in [1.165, 1.54) is 4.68 Å². The summed E-state index contributed by atoms with van der Waals surface area (Å²) in [4.78, 5) is 12.5. The first-order valence-corrected chi connectivity index (χ1v) is 8.01. The fraction of sp³-hybridized carbons (Fsp3) is 0.167. The first-order chi connectivity index (χ1) is 12.0. The van der Waals surface area contributed by atoms with Crippen LogP contribution in [0.25, 0.3) is 5.69 Å². The number of nitrogens with one attached hydrogen (secondary N) is 1. The second-order valence-corrected chi connectivity index (χ2v) is 6.01. The van der Waals surface area contributed by atoms with Gasteiger partial charge in [0.25, 0.3) is 5.91 Å². The van der Waals surface area contributed by atoms with Gasteiger partial charge < -0.3 is 10.1 Å². The standard InChI is InChI=1S/C18H17ClN4O2/c1-11-4-7-14(8-5-11)20-18(24)17-12(2)23(22-21-17)15-10-13(19)6-9-16(15)25-3/h4-10H,1-3H3,(H,20,24). The lowest BCUT2D eigenvalue weighted by molar-refractivity contribution is 0.102. The summed E-state index contributed by atoms with van der Waals surface area (Å²) >= 11 is 6.07. The predicted octanol–water partition coefficient (Wildman–Crippen LogP) is 3.80. The molecule has 6 nitrogen and oxygen atoms in total. The van der Waals surface area contributed by atoms with Gasteiger partial charge in [-0.1, -0.05) is 34.5 Å². The summed E-state index contributed by atoms with van der Waals surface area (Å²) in [7, 11) is 1.56. The summed E-state index contributed by atoms with van der Waals surface area (Å²) in [5, 5.41) is 11.5. The zero-order valence-electron chi connectivity index (χ0n) is 14.1. The number of carbonyl (C=O) groups excluding carboxylic acids is 1. The molecule has 0 saturated carbocycles.